The van der Waals surface area contributed by atoms with E-state index in [0.29, 0.717) is 0 Å². The molecule has 3 fully saturated rings. The molecule has 0 saturated heterocycles. The molecule has 4 aliphatic carbocycles. The Morgan fingerprint density at radius 1 is 1.29 bits per heavy atom. The molecule has 1 aromatic heterocycles. The molecule has 1 aromatic rings. The van der Waals surface area contributed by atoms with Crippen molar-refractivity contribution < 1.29 is 4.79 Å². The summed E-state index contributed by atoms with van der Waals surface area (Å²) in [6, 6.07) is 0. The Labute approximate surface area is 172 Å². The third kappa shape index (κ3) is 1.99. The van der Waals surface area contributed by atoms with Crippen molar-refractivity contribution in [2.75, 3.05) is 5.32 Å². The van der Waals surface area contributed by atoms with Crippen LogP contribution in [0.4, 0.5) is 5.13 Å². The number of fused-ring (bicyclic) bond motifs is 2. The number of rotatable bonds is 3. The summed E-state index contributed by atoms with van der Waals surface area (Å²) in [7, 11) is 0. The molecule has 2 bridgehead atoms. The van der Waals surface area contributed by atoms with E-state index in [1.165, 1.54) is 23.4 Å². The average Bonchev–Trinajstić information content (AvgIpc) is 3.14. The number of nitrogens with zero attached hydrogens (tertiary/aromatic N) is 1. The van der Waals surface area contributed by atoms with Crippen LogP contribution in [0.2, 0.25) is 0 Å². The summed E-state index contributed by atoms with van der Waals surface area (Å²) in [5.41, 5.74) is 0.821. The van der Waals surface area contributed by atoms with Gasteiger partial charge in [0.2, 0.25) is 5.91 Å². The molecule has 3 nitrogen and oxygen atoms in total. The van der Waals surface area contributed by atoms with Crippen LogP contribution in [-0.2, 0) is 17.6 Å². The van der Waals surface area contributed by atoms with Crippen LogP contribution in [0.25, 0.3) is 0 Å². The van der Waals surface area contributed by atoms with E-state index in [2.05, 4.69) is 71.9 Å². The fourth-order valence-electron chi connectivity index (χ4n) is 5.31. The van der Waals surface area contributed by atoms with Crippen molar-refractivity contribution in [3.8, 4) is 0 Å². The zero-order chi connectivity index (χ0) is 17.3. The molecule has 1 heterocycles. The number of hydrogen-bond donors (Lipinski definition) is 1. The smallest absolute Gasteiger partial charge is 0.234 e. The minimum atomic E-state index is -0.362. The van der Waals surface area contributed by atoms with E-state index in [1.54, 1.807) is 11.3 Å². The summed E-state index contributed by atoms with van der Waals surface area (Å²) in [5, 5.41) is 3.96. The number of alkyl halides is 3. The van der Waals surface area contributed by atoms with Gasteiger partial charge in [0.1, 0.15) is 0 Å². The predicted octanol–water partition coefficient (Wildman–Crippen LogP) is 5.65. The largest absolute Gasteiger partial charge is 0.301 e. The molecule has 132 valence electrons. The van der Waals surface area contributed by atoms with Crippen LogP contribution >= 0.6 is 59.1 Å². The lowest BCUT2D eigenvalue weighted by Gasteiger charge is -2.66. The van der Waals surface area contributed by atoms with Crippen LogP contribution < -0.4 is 5.32 Å². The van der Waals surface area contributed by atoms with E-state index in [9.17, 15) is 4.79 Å². The molecule has 0 aromatic carbocycles. The second kappa shape index (κ2) is 5.77. The van der Waals surface area contributed by atoms with Crippen LogP contribution in [0.3, 0.4) is 0 Å². The van der Waals surface area contributed by atoms with Crippen molar-refractivity contribution >= 4 is 70.2 Å². The highest BCUT2D eigenvalue weighted by atomic mass is 79.9. The number of amides is 1. The van der Waals surface area contributed by atoms with Crippen LogP contribution in [0.1, 0.15) is 50.1 Å². The number of hydrogen-bond acceptors (Lipinski definition) is 3. The van der Waals surface area contributed by atoms with Gasteiger partial charge in [-0.05, 0) is 43.9 Å². The van der Waals surface area contributed by atoms with Gasteiger partial charge in [0, 0.05) is 15.1 Å². The summed E-state index contributed by atoms with van der Waals surface area (Å²) in [4.78, 5) is 19.5. The standard InChI is InChI=1S/C17H21Br3N2OS/c1-15(2)16(12(19)20)7-8-17(15,11(16)18)13(23)22-14-21-9-5-3-4-6-10(9)24-14/h11-12H,3-8H2,1-2H3,(H,21,22,23)/t11-,16-,17+/m0/s1. The van der Waals surface area contributed by atoms with E-state index in [1.807, 2.05) is 0 Å². The maximum absolute atomic E-state index is 13.3. The molecule has 3 atom stereocenters. The molecular formula is C17H21Br3N2OS. The normalized spacial score (nSPS) is 36.3. The zero-order valence-electron chi connectivity index (χ0n) is 13.8. The zero-order valence-corrected chi connectivity index (χ0v) is 19.4. The highest BCUT2D eigenvalue weighted by Crippen LogP contribution is 2.82. The molecule has 0 unspecified atom stereocenters. The van der Waals surface area contributed by atoms with E-state index in [-0.39, 0.29) is 30.7 Å². The summed E-state index contributed by atoms with van der Waals surface area (Å²) in [6.45, 7) is 4.47. The average molecular weight is 541 g/mol. The molecule has 5 rings (SSSR count). The number of halogens is 3. The Hall–Kier alpha value is 0.540. The number of aromatic nitrogens is 1. The molecule has 0 spiro atoms. The number of carbonyl (C=O) groups is 1. The molecule has 24 heavy (non-hydrogen) atoms. The first kappa shape index (κ1) is 17.9. The van der Waals surface area contributed by atoms with Crippen LogP contribution in [0.5, 0.6) is 0 Å². The Morgan fingerprint density at radius 3 is 2.58 bits per heavy atom. The van der Waals surface area contributed by atoms with Crippen LogP contribution in [0.15, 0.2) is 0 Å². The van der Waals surface area contributed by atoms with Crippen molar-refractivity contribution in [2.24, 2.45) is 16.2 Å². The van der Waals surface area contributed by atoms with Gasteiger partial charge in [-0.1, -0.05) is 61.6 Å². The van der Waals surface area contributed by atoms with Crippen molar-refractivity contribution in [3.05, 3.63) is 10.6 Å². The van der Waals surface area contributed by atoms with Crippen molar-refractivity contribution in [3.63, 3.8) is 0 Å². The first-order valence-electron chi connectivity index (χ1n) is 8.49. The van der Waals surface area contributed by atoms with Gasteiger partial charge in [-0.2, -0.15) is 0 Å². The molecule has 7 heteroatoms. The van der Waals surface area contributed by atoms with E-state index in [4.69, 9.17) is 0 Å². The van der Waals surface area contributed by atoms with E-state index in [0.717, 1.165) is 30.8 Å². The summed E-state index contributed by atoms with van der Waals surface area (Å²) < 4.78 is 0.201. The molecule has 1 amide bonds. The van der Waals surface area contributed by atoms with E-state index >= 15 is 0 Å². The highest BCUT2D eigenvalue weighted by molar-refractivity contribution is 9.24. The SMILES string of the molecule is CC1(C)[C@]2(C(=O)Nc3nc4c(s3)CCCC4)CC[C@@]1(C(Br)Br)[C@@H]2Br. The number of anilines is 1. The highest BCUT2D eigenvalue weighted by Gasteiger charge is 2.83. The number of carbonyl (C=O) groups excluding carboxylic acids is 1. The lowest BCUT2D eigenvalue weighted by molar-refractivity contribution is -0.155. The van der Waals surface area contributed by atoms with Gasteiger partial charge in [-0.3, -0.25) is 4.79 Å². The third-order valence-corrected chi connectivity index (χ3v) is 11.3. The monoisotopic (exact) mass is 538 g/mol. The van der Waals surface area contributed by atoms with Gasteiger partial charge in [0.05, 0.1) is 14.8 Å². The van der Waals surface area contributed by atoms with Crippen LogP contribution in [-0.4, -0.2) is 19.5 Å². The third-order valence-electron chi connectivity index (χ3n) is 6.96. The lowest BCUT2D eigenvalue weighted by atomic mass is 9.43. The first-order valence-corrected chi connectivity index (χ1v) is 12.1. The maximum atomic E-state index is 13.3. The lowest BCUT2D eigenvalue weighted by Crippen LogP contribution is -2.71. The molecule has 0 radical (unpaired) electrons. The fraction of sp³-hybridized carbons (Fsp3) is 0.765. The second-order valence-electron chi connectivity index (χ2n) is 7.85. The van der Waals surface area contributed by atoms with Gasteiger partial charge >= 0.3 is 0 Å². The fourth-order valence-corrected chi connectivity index (χ4v) is 11.3. The molecule has 4 aliphatic rings. The maximum Gasteiger partial charge on any atom is 0.234 e. The Morgan fingerprint density at radius 2 is 2.00 bits per heavy atom. The Bertz CT molecular complexity index is 681. The number of thiazole rings is 1. The molecule has 1 N–H and O–H groups in total. The summed E-state index contributed by atoms with van der Waals surface area (Å²) >= 11 is 13.0. The predicted molar refractivity (Wildman–Crippen MR) is 110 cm³/mol. The topological polar surface area (TPSA) is 42.0 Å². The van der Waals surface area contributed by atoms with Gasteiger partial charge in [0.15, 0.2) is 5.13 Å². The molecule has 3 saturated carbocycles. The second-order valence-corrected chi connectivity index (χ2v) is 12.9. The van der Waals surface area contributed by atoms with Crippen molar-refractivity contribution in [1.29, 1.82) is 0 Å². The number of nitrogens with one attached hydrogen (secondary N) is 1. The van der Waals surface area contributed by atoms with Crippen molar-refractivity contribution in [1.82, 2.24) is 4.98 Å². The number of aryl methyl sites for hydroxylation is 2. The van der Waals surface area contributed by atoms with Gasteiger partial charge in [-0.25, -0.2) is 4.98 Å². The van der Waals surface area contributed by atoms with Gasteiger partial charge in [-0.15, -0.1) is 11.3 Å². The first-order chi connectivity index (χ1) is 11.3. The molecular weight excluding hydrogens is 520 g/mol. The Balaban J connectivity index is 1.60. The minimum Gasteiger partial charge on any atom is -0.301 e. The summed E-state index contributed by atoms with van der Waals surface area (Å²) in [6.07, 6.45) is 6.57. The minimum absolute atomic E-state index is 0.0620. The quantitative estimate of drug-likeness (QED) is 0.504. The summed E-state index contributed by atoms with van der Waals surface area (Å²) in [5.74, 6) is 0.134. The van der Waals surface area contributed by atoms with E-state index < -0.39 is 0 Å². The van der Waals surface area contributed by atoms with Gasteiger partial charge in [0.25, 0.3) is 0 Å². The van der Waals surface area contributed by atoms with Crippen LogP contribution in [0, 0.1) is 16.2 Å². The van der Waals surface area contributed by atoms with Crippen molar-refractivity contribution in [2.45, 2.75) is 60.9 Å². The Kier molecular flexibility index (Phi) is 4.31. The molecule has 0 aliphatic heterocycles. The van der Waals surface area contributed by atoms with Gasteiger partial charge < -0.3 is 5.32 Å².